The van der Waals surface area contributed by atoms with E-state index >= 15 is 0 Å². The van der Waals surface area contributed by atoms with Crippen LogP contribution in [0, 0.1) is 13.8 Å². The van der Waals surface area contributed by atoms with Crippen LogP contribution >= 0.6 is 0 Å². The summed E-state index contributed by atoms with van der Waals surface area (Å²) in [5.74, 6) is -0.631. The Hall–Kier alpha value is -4.14. The summed E-state index contributed by atoms with van der Waals surface area (Å²) in [6.45, 7) is 3.69. The van der Waals surface area contributed by atoms with Crippen LogP contribution in [0.3, 0.4) is 0 Å². The van der Waals surface area contributed by atoms with Crippen molar-refractivity contribution in [3.8, 4) is 11.4 Å². The number of amides is 1. The van der Waals surface area contributed by atoms with E-state index in [9.17, 15) is 22.8 Å². The first-order valence-corrected chi connectivity index (χ1v) is 10.4. The number of aromatic nitrogens is 3. The van der Waals surface area contributed by atoms with E-state index in [1.165, 1.54) is 24.3 Å². The number of pyridine rings is 1. The molecule has 6 nitrogen and oxygen atoms in total. The molecular formula is C25H21F3N4O2. The zero-order chi connectivity index (χ0) is 24.5. The van der Waals surface area contributed by atoms with Crippen molar-refractivity contribution in [1.82, 2.24) is 19.7 Å². The van der Waals surface area contributed by atoms with Crippen molar-refractivity contribution in [1.29, 1.82) is 0 Å². The molecule has 2 aromatic carbocycles. The molecule has 2 heterocycles. The lowest BCUT2D eigenvalue weighted by molar-refractivity contribution is -0.137. The number of carbonyl (C=O) groups is 1. The lowest BCUT2D eigenvalue weighted by atomic mass is 10.1. The molecule has 174 valence electrons. The van der Waals surface area contributed by atoms with Crippen LogP contribution in [0.1, 0.15) is 32.7 Å². The standard InChI is InChI=1S/C25H21F3N4O2/c1-16-5-3-7-20(11-16)31-15-18(14-30-31)13-29-23(33)22-10-9-17(2)32(24(22)34)21-8-4-6-19(12-21)25(26,27)28/h3-12,14-15H,13H2,1-2H3,(H,29,33). The summed E-state index contributed by atoms with van der Waals surface area (Å²) in [6.07, 6.45) is -1.17. The third-order valence-electron chi connectivity index (χ3n) is 5.31. The van der Waals surface area contributed by atoms with Gasteiger partial charge in [-0.3, -0.25) is 14.2 Å². The fraction of sp³-hybridized carbons (Fsp3) is 0.160. The molecule has 4 rings (SSSR count). The van der Waals surface area contributed by atoms with Crippen LogP contribution in [0.15, 0.2) is 77.9 Å². The quantitative estimate of drug-likeness (QED) is 0.468. The molecule has 0 aliphatic heterocycles. The Bertz CT molecular complexity index is 1420. The van der Waals surface area contributed by atoms with Crippen molar-refractivity contribution in [3.63, 3.8) is 0 Å². The summed E-state index contributed by atoms with van der Waals surface area (Å²) in [6, 6.07) is 15.1. The number of carbonyl (C=O) groups excluding carboxylic acids is 1. The first-order valence-electron chi connectivity index (χ1n) is 10.4. The molecule has 0 spiro atoms. The second kappa shape index (κ2) is 9.01. The summed E-state index contributed by atoms with van der Waals surface area (Å²) in [4.78, 5) is 25.8. The molecule has 0 unspecified atom stereocenters. The maximum Gasteiger partial charge on any atom is 0.416 e. The van der Waals surface area contributed by atoms with Crippen LogP contribution in [0.4, 0.5) is 13.2 Å². The van der Waals surface area contributed by atoms with Crippen molar-refractivity contribution in [2.75, 3.05) is 0 Å². The van der Waals surface area contributed by atoms with Crippen LogP contribution in [-0.4, -0.2) is 20.3 Å². The highest BCUT2D eigenvalue weighted by Crippen LogP contribution is 2.30. The van der Waals surface area contributed by atoms with E-state index < -0.39 is 23.2 Å². The molecule has 34 heavy (non-hydrogen) atoms. The molecule has 2 aromatic heterocycles. The Kier molecular flexibility index (Phi) is 6.10. The molecule has 0 aliphatic carbocycles. The highest BCUT2D eigenvalue weighted by atomic mass is 19.4. The monoisotopic (exact) mass is 466 g/mol. The number of benzene rings is 2. The first-order chi connectivity index (χ1) is 16.1. The molecule has 0 fully saturated rings. The van der Waals surface area contributed by atoms with E-state index in [0.717, 1.165) is 33.5 Å². The third kappa shape index (κ3) is 4.78. The van der Waals surface area contributed by atoms with Gasteiger partial charge in [-0.15, -0.1) is 0 Å². The Balaban J connectivity index is 1.56. The van der Waals surface area contributed by atoms with Crippen molar-refractivity contribution in [2.45, 2.75) is 26.6 Å². The van der Waals surface area contributed by atoms with E-state index in [0.29, 0.717) is 5.69 Å². The summed E-state index contributed by atoms with van der Waals surface area (Å²) in [7, 11) is 0. The first kappa shape index (κ1) is 23.0. The van der Waals surface area contributed by atoms with Gasteiger partial charge in [-0.05, 0) is 61.9 Å². The normalized spacial score (nSPS) is 11.4. The predicted molar refractivity (Wildman–Crippen MR) is 121 cm³/mol. The molecule has 1 N–H and O–H groups in total. The molecule has 0 radical (unpaired) electrons. The number of nitrogens with one attached hydrogen (secondary N) is 1. The van der Waals surface area contributed by atoms with Crippen molar-refractivity contribution in [3.05, 3.63) is 111 Å². The second-order valence-electron chi connectivity index (χ2n) is 7.89. The number of rotatable bonds is 5. The van der Waals surface area contributed by atoms with E-state index in [2.05, 4.69) is 10.4 Å². The Morgan fingerprint density at radius 3 is 2.47 bits per heavy atom. The molecule has 0 bridgehead atoms. The number of alkyl halides is 3. The molecule has 4 aromatic rings. The number of hydrogen-bond acceptors (Lipinski definition) is 3. The van der Waals surface area contributed by atoms with Gasteiger partial charge in [0.05, 0.1) is 17.4 Å². The lowest BCUT2D eigenvalue weighted by Gasteiger charge is -2.14. The Morgan fingerprint density at radius 2 is 1.74 bits per heavy atom. The lowest BCUT2D eigenvalue weighted by Crippen LogP contribution is -2.33. The van der Waals surface area contributed by atoms with E-state index in [-0.39, 0.29) is 17.8 Å². The molecule has 0 saturated heterocycles. The van der Waals surface area contributed by atoms with E-state index in [1.807, 2.05) is 31.2 Å². The summed E-state index contributed by atoms with van der Waals surface area (Å²) in [5.41, 5.74) is 1.37. The highest BCUT2D eigenvalue weighted by Gasteiger charge is 2.30. The van der Waals surface area contributed by atoms with Gasteiger partial charge >= 0.3 is 6.18 Å². The second-order valence-corrected chi connectivity index (χ2v) is 7.89. The number of nitrogens with zero attached hydrogens (tertiary/aromatic N) is 3. The van der Waals surface area contributed by atoms with Crippen molar-refractivity contribution >= 4 is 5.91 Å². The van der Waals surface area contributed by atoms with Gasteiger partial charge in [0.2, 0.25) is 0 Å². The average Bonchev–Trinajstić information content (AvgIpc) is 3.26. The van der Waals surface area contributed by atoms with Gasteiger partial charge in [0.15, 0.2) is 0 Å². The summed E-state index contributed by atoms with van der Waals surface area (Å²) >= 11 is 0. The predicted octanol–water partition coefficient (Wildman–Crippen LogP) is 4.59. The fourth-order valence-electron chi connectivity index (χ4n) is 3.59. The average molecular weight is 466 g/mol. The van der Waals surface area contributed by atoms with Crippen LogP contribution in [-0.2, 0) is 12.7 Å². The third-order valence-corrected chi connectivity index (χ3v) is 5.31. The van der Waals surface area contributed by atoms with Crippen LogP contribution in [0.5, 0.6) is 0 Å². The van der Waals surface area contributed by atoms with Gasteiger partial charge in [-0.1, -0.05) is 18.2 Å². The van der Waals surface area contributed by atoms with Crippen molar-refractivity contribution in [2.24, 2.45) is 0 Å². The molecule has 0 saturated carbocycles. The maximum atomic E-state index is 13.1. The summed E-state index contributed by atoms with van der Waals surface area (Å²) < 4.78 is 42.2. The summed E-state index contributed by atoms with van der Waals surface area (Å²) in [5, 5.41) is 6.98. The fourth-order valence-corrected chi connectivity index (χ4v) is 3.59. The molecule has 1 amide bonds. The van der Waals surface area contributed by atoms with E-state index in [4.69, 9.17) is 0 Å². The van der Waals surface area contributed by atoms with Crippen LogP contribution in [0.2, 0.25) is 0 Å². The van der Waals surface area contributed by atoms with Gasteiger partial charge in [0, 0.05) is 29.7 Å². The van der Waals surface area contributed by atoms with Gasteiger partial charge in [0.1, 0.15) is 5.56 Å². The minimum Gasteiger partial charge on any atom is -0.348 e. The minimum atomic E-state index is -4.55. The topological polar surface area (TPSA) is 68.9 Å². The largest absolute Gasteiger partial charge is 0.416 e. The smallest absolute Gasteiger partial charge is 0.348 e. The number of halogens is 3. The zero-order valence-corrected chi connectivity index (χ0v) is 18.4. The van der Waals surface area contributed by atoms with Gasteiger partial charge in [-0.25, -0.2) is 4.68 Å². The minimum absolute atomic E-state index is 0.0337. The van der Waals surface area contributed by atoms with Crippen molar-refractivity contribution < 1.29 is 18.0 Å². The van der Waals surface area contributed by atoms with E-state index in [1.54, 1.807) is 24.0 Å². The number of hydrogen-bond donors (Lipinski definition) is 1. The van der Waals surface area contributed by atoms with Gasteiger partial charge in [-0.2, -0.15) is 18.3 Å². The Morgan fingerprint density at radius 1 is 1.00 bits per heavy atom. The van der Waals surface area contributed by atoms with Gasteiger partial charge < -0.3 is 5.32 Å². The molecule has 9 heteroatoms. The SMILES string of the molecule is Cc1cccc(-n2cc(CNC(=O)c3ccc(C)n(-c4cccc(C(F)(F)F)c4)c3=O)cn2)c1. The zero-order valence-electron chi connectivity index (χ0n) is 18.4. The maximum absolute atomic E-state index is 13.1. The molecular weight excluding hydrogens is 445 g/mol. The number of aryl methyl sites for hydroxylation is 2. The Labute approximate surface area is 193 Å². The van der Waals surface area contributed by atoms with Crippen LogP contribution in [0.25, 0.3) is 11.4 Å². The molecule has 0 atom stereocenters. The highest BCUT2D eigenvalue weighted by molar-refractivity contribution is 5.93. The van der Waals surface area contributed by atoms with Gasteiger partial charge in [0.25, 0.3) is 11.5 Å². The van der Waals surface area contributed by atoms with Crippen LogP contribution < -0.4 is 10.9 Å². The molecule has 0 aliphatic rings.